The van der Waals surface area contributed by atoms with Crippen molar-refractivity contribution in [2.45, 2.75) is 6.92 Å². The first-order chi connectivity index (χ1) is 9.18. The third-order valence-electron chi connectivity index (χ3n) is 2.99. The normalized spacial score (nSPS) is 10.8. The maximum absolute atomic E-state index is 12.4. The quantitative estimate of drug-likeness (QED) is 0.670. The molecule has 0 N–H and O–H groups in total. The van der Waals surface area contributed by atoms with E-state index in [1.165, 1.54) is 18.5 Å². The van der Waals surface area contributed by atoms with Crippen LogP contribution in [0, 0.1) is 0 Å². The van der Waals surface area contributed by atoms with E-state index in [1.54, 1.807) is 28.2 Å². The van der Waals surface area contributed by atoms with Crippen LogP contribution in [0.5, 0.6) is 0 Å². The molecule has 3 rings (SSSR count). The third kappa shape index (κ3) is 1.90. The molecule has 0 spiro atoms. The van der Waals surface area contributed by atoms with Gasteiger partial charge in [-0.3, -0.25) is 9.59 Å². The third-order valence-corrected chi connectivity index (χ3v) is 4.09. The molecule has 94 valence electrons. The largest absolute Gasteiger partial charge is 0.294 e. The van der Waals surface area contributed by atoms with Crippen LogP contribution in [0.3, 0.4) is 0 Å². The van der Waals surface area contributed by atoms with Gasteiger partial charge < -0.3 is 0 Å². The Labute approximate surface area is 113 Å². The van der Waals surface area contributed by atoms with Crippen LogP contribution in [0.2, 0.25) is 0 Å². The molecule has 0 saturated carbocycles. The van der Waals surface area contributed by atoms with E-state index in [2.05, 4.69) is 0 Å². The molecule has 0 saturated heterocycles. The smallest absolute Gasteiger partial charge is 0.273 e. The van der Waals surface area contributed by atoms with Crippen LogP contribution in [0.4, 0.5) is 0 Å². The number of benzene rings is 2. The standard InChI is InChI=1S/C15H11NO2S/c1-10(17)11-6-2-4-8-13(11)16-15(18)12-7-3-5-9-14(12)19-16/h2-9H,1H3. The van der Waals surface area contributed by atoms with Crippen LogP contribution in [-0.2, 0) is 0 Å². The molecule has 0 aliphatic rings. The Balaban J connectivity index is 2.34. The average molecular weight is 269 g/mol. The number of Topliss-reactive ketones (excluding diaryl/α,β-unsaturated/α-hetero) is 1. The monoisotopic (exact) mass is 269 g/mol. The Bertz CT molecular complexity index is 829. The number of rotatable bonds is 2. The zero-order chi connectivity index (χ0) is 13.4. The van der Waals surface area contributed by atoms with Crippen LogP contribution in [0.25, 0.3) is 15.8 Å². The SMILES string of the molecule is CC(=O)c1ccccc1-n1sc2ccccc2c1=O. The number of carbonyl (C=O) groups is 1. The van der Waals surface area contributed by atoms with Crippen molar-refractivity contribution in [2.75, 3.05) is 0 Å². The molecular weight excluding hydrogens is 258 g/mol. The fourth-order valence-corrected chi connectivity index (χ4v) is 3.11. The van der Waals surface area contributed by atoms with E-state index in [9.17, 15) is 9.59 Å². The number of carbonyl (C=O) groups excluding carboxylic acids is 1. The summed E-state index contributed by atoms with van der Waals surface area (Å²) in [6.45, 7) is 1.51. The number of para-hydroxylation sites is 1. The topological polar surface area (TPSA) is 39.1 Å². The molecule has 2 aromatic carbocycles. The summed E-state index contributed by atoms with van der Waals surface area (Å²) in [5.41, 5.74) is 1.15. The van der Waals surface area contributed by atoms with Crippen molar-refractivity contribution in [2.24, 2.45) is 0 Å². The summed E-state index contributed by atoms with van der Waals surface area (Å²) in [5.74, 6) is -0.0417. The van der Waals surface area contributed by atoms with Gasteiger partial charge in [0.25, 0.3) is 5.56 Å². The molecule has 0 amide bonds. The van der Waals surface area contributed by atoms with Gasteiger partial charge in [0, 0.05) is 5.56 Å². The second kappa shape index (κ2) is 4.48. The molecule has 0 aliphatic heterocycles. The minimum absolute atomic E-state index is 0.0417. The minimum atomic E-state index is -0.0747. The maximum Gasteiger partial charge on any atom is 0.273 e. The highest BCUT2D eigenvalue weighted by Gasteiger charge is 2.13. The number of hydrogen-bond donors (Lipinski definition) is 0. The lowest BCUT2D eigenvalue weighted by Crippen LogP contribution is -2.13. The zero-order valence-corrected chi connectivity index (χ0v) is 11.1. The maximum atomic E-state index is 12.4. The summed E-state index contributed by atoms with van der Waals surface area (Å²) in [4.78, 5) is 24.0. The zero-order valence-electron chi connectivity index (χ0n) is 10.3. The van der Waals surface area contributed by atoms with E-state index in [4.69, 9.17) is 0 Å². The second-order valence-corrected chi connectivity index (χ2v) is 5.25. The first-order valence-corrected chi connectivity index (χ1v) is 6.67. The van der Waals surface area contributed by atoms with Crippen molar-refractivity contribution in [1.82, 2.24) is 3.96 Å². The predicted octanol–water partition coefficient (Wildman–Crippen LogP) is 3.25. The second-order valence-electron chi connectivity index (χ2n) is 4.26. The molecule has 3 aromatic rings. The van der Waals surface area contributed by atoms with Crippen LogP contribution in [-0.4, -0.2) is 9.74 Å². The first-order valence-electron chi connectivity index (χ1n) is 5.90. The van der Waals surface area contributed by atoms with Gasteiger partial charge in [0.2, 0.25) is 0 Å². The van der Waals surface area contributed by atoms with E-state index >= 15 is 0 Å². The highest BCUT2D eigenvalue weighted by atomic mass is 32.1. The van der Waals surface area contributed by atoms with Gasteiger partial charge in [-0.25, -0.2) is 3.96 Å². The van der Waals surface area contributed by atoms with Crippen LogP contribution >= 0.6 is 11.5 Å². The Morgan fingerprint density at radius 3 is 2.47 bits per heavy atom. The van der Waals surface area contributed by atoms with Crippen LogP contribution in [0.15, 0.2) is 53.3 Å². The van der Waals surface area contributed by atoms with Gasteiger partial charge in [-0.15, -0.1) is 0 Å². The minimum Gasteiger partial charge on any atom is -0.294 e. The molecular formula is C15H11NO2S. The molecule has 0 radical (unpaired) electrons. The van der Waals surface area contributed by atoms with Crippen LogP contribution < -0.4 is 5.56 Å². The molecule has 0 fully saturated rings. The summed E-state index contributed by atoms with van der Waals surface area (Å²) >= 11 is 1.36. The Kier molecular flexibility index (Phi) is 2.80. The number of hydrogen-bond acceptors (Lipinski definition) is 3. The molecule has 0 unspecified atom stereocenters. The summed E-state index contributed by atoms with van der Waals surface area (Å²) in [7, 11) is 0. The van der Waals surface area contributed by atoms with E-state index in [0.29, 0.717) is 16.6 Å². The van der Waals surface area contributed by atoms with Crippen molar-refractivity contribution >= 4 is 27.4 Å². The molecule has 0 aliphatic carbocycles. The summed E-state index contributed by atoms with van der Waals surface area (Å²) in [5, 5.41) is 0.686. The molecule has 0 bridgehead atoms. The highest BCUT2D eigenvalue weighted by molar-refractivity contribution is 7.14. The van der Waals surface area contributed by atoms with Gasteiger partial charge in [-0.2, -0.15) is 0 Å². The predicted molar refractivity (Wildman–Crippen MR) is 77.4 cm³/mol. The molecule has 4 heteroatoms. The fraction of sp³-hybridized carbons (Fsp3) is 0.0667. The number of ketones is 1. The van der Waals surface area contributed by atoms with Crippen molar-refractivity contribution in [3.8, 4) is 5.69 Å². The van der Waals surface area contributed by atoms with Gasteiger partial charge in [-0.05, 0) is 31.2 Å². The highest BCUT2D eigenvalue weighted by Crippen LogP contribution is 2.22. The average Bonchev–Trinajstić information content (AvgIpc) is 2.76. The number of aromatic nitrogens is 1. The molecule has 3 nitrogen and oxygen atoms in total. The number of nitrogens with zero attached hydrogens (tertiary/aromatic N) is 1. The molecule has 19 heavy (non-hydrogen) atoms. The van der Waals surface area contributed by atoms with Crippen molar-refractivity contribution in [3.63, 3.8) is 0 Å². The van der Waals surface area contributed by atoms with E-state index in [-0.39, 0.29) is 11.3 Å². The van der Waals surface area contributed by atoms with Gasteiger partial charge in [0.05, 0.1) is 15.8 Å². The summed E-state index contributed by atoms with van der Waals surface area (Å²) in [6, 6.07) is 14.6. The molecule has 1 aromatic heterocycles. The van der Waals surface area contributed by atoms with E-state index < -0.39 is 0 Å². The molecule has 1 heterocycles. The van der Waals surface area contributed by atoms with Crippen molar-refractivity contribution < 1.29 is 4.79 Å². The number of fused-ring (bicyclic) bond motifs is 1. The van der Waals surface area contributed by atoms with Crippen molar-refractivity contribution in [1.29, 1.82) is 0 Å². The summed E-state index contributed by atoms with van der Waals surface area (Å²) in [6.07, 6.45) is 0. The van der Waals surface area contributed by atoms with Gasteiger partial charge in [0.15, 0.2) is 5.78 Å². The van der Waals surface area contributed by atoms with E-state index in [1.807, 2.05) is 24.3 Å². The lowest BCUT2D eigenvalue weighted by molar-refractivity contribution is 0.101. The van der Waals surface area contributed by atoms with Gasteiger partial charge >= 0.3 is 0 Å². The lowest BCUT2D eigenvalue weighted by atomic mass is 10.1. The fourth-order valence-electron chi connectivity index (χ4n) is 2.08. The Morgan fingerprint density at radius 2 is 1.74 bits per heavy atom. The lowest BCUT2D eigenvalue weighted by Gasteiger charge is -2.05. The Morgan fingerprint density at radius 1 is 1.05 bits per heavy atom. The van der Waals surface area contributed by atoms with Crippen LogP contribution in [0.1, 0.15) is 17.3 Å². The summed E-state index contributed by atoms with van der Waals surface area (Å²) < 4.78 is 2.51. The Hall–Kier alpha value is -2.20. The van der Waals surface area contributed by atoms with Crippen molar-refractivity contribution in [3.05, 3.63) is 64.4 Å². The molecule has 0 atom stereocenters. The van der Waals surface area contributed by atoms with E-state index in [0.717, 1.165) is 4.70 Å². The van der Waals surface area contributed by atoms with Gasteiger partial charge in [-0.1, -0.05) is 35.8 Å². The first kappa shape index (κ1) is 11.9. The van der Waals surface area contributed by atoms with Gasteiger partial charge in [0.1, 0.15) is 0 Å².